The maximum atomic E-state index is 13.0. The lowest BCUT2D eigenvalue weighted by molar-refractivity contribution is 0.0751. The smallest absolute Gasteiger partial charge is 0.254 e. The molecule has 1 amide bonds. The van der Waals surface area contributed by atoms with Crippen molar-refractivity contribution < 1.29 is 4.79 Å². The first-order valence-corrected chi connectivity index (χ1v) is 13.4. The molecule has 3 N–H and O–H groups in total. The number of nitrogens with zero attached hydrogens (tertiary/aromatic N) is 4. The van der Waals surface area contributed by atoms with Gasteiger partial charge in [-0.3, -0.25) is 4.79 Å². The average molecular weight is 492 g/mol. The summed E-state index contributed by atoms with van der Waals surface area (Å²) >= 11 is 3.25. The molecule has 6 rings (SSSR count). The summed E-state index contributed by atoms with van der Waals surface area (Å²) in [5.74, 6) is 0.754. The Morgan fingerprint density at radius 1 is 1.12 bits per heavy atom. The second-order valence-electron chi connectivity index (χ2n) is 8.81. The minimum absolute atomic E-state index is 0.0681. The molecule has 0 spiro atoms. The van der Waals surface area contributed by atoms with Crippen LogP contribution in [0, 0.1) is 0 Å². The van der Waals surface area contributed by atoms with Crippen LogP contribution in [0.4, 0.5) is 11.1 Å². The van der Waals surface area contributed by atoms with Crippen LogP contribution in [0.3, 0.4) is 0 Å². The normalized spacial score (nSPS) is 19.5. The summed E-state index contributed by atoms with van der Waals surface area (Å²) in [6.45, 7) is 1.32. The van der Waals surface area contributed by atoms with Gasteiger partial charge in [0.05, 0.1) is 10.2 Å². The number of hydrogen-bond acceptors (Lipinski definition) is 8. The van der Waals surface area contributed by atoms with Crippen LogP contribution in [0.15, 0.2) is 47.9 Å². The number of thioether (sulfide) groups is 1. The number of fused-ring (bicyclic) bond motifs is 2. The SMILES string of the molecule is CSc1cnc(N[C@H]2CC[C@H](Nc3nc4ccc(C(=O)N5Cc6c[nH]cc6C5)cc4s3)C2)nc1. The molecule has 0 bridgehead atoms. The third kappa shape index (κ3) is 4.23. The van der Waals surface area contributed by atoms with Gasteiger partial charge < -0.3 is 20.5 Å². The van der Waals surface area contributed by atoms with Gasteiger partial charge in [-0.2, -0.15) is 0 Å². The van der Waals surface area contributed by atoms with Gasteiger partial charge in [0.2, 0.25) is 5.95 Å². The van der Waals surface area contributed by atoms with Crippen LogP contribution in [0.2, 0.25) is 0 Å². The van der Waals surface area contributed by atoms with E-state index in [1.807, 2.05) is 54.1 Å². The van der Waals surface area contributed by atoms with E-state index in [0.29, 0.717) is 31.1 Å². The second-order valence-corrected chi connectivity index (χ2v) is 10.7. The number of rotatable bonds is 6. The van der Waals surface area contributed by atoms with Crippen LogP contribution in [0.1, 0.15) is 40.7 Å². The molecule has 174 valence electrons. The van der Waals surface area contributed by atoms with E-state index in [-0.39, 0.29) is 5.91 Å². The van der Waals surface area contributed by atoms with Crippen molar-refractivity contribution in [3.05, 3.63) is 59.7 Å². The predicted octanol–water partition coefficient (Wildman–Crippen LogP) is 4.74. The zero-order valence-corrected chi connectivity index (χ0v) is 20.4. The van der Waals surface area contributed by atoms with E-state index in [4.69, 9.17) is 4.98 Å². The molecule has 0 radical (unpaired) electrons. The Hall–Kier alpha value is -3.11. The van der Waals surface area contributed by atoms with Gasteiger partial charge in [0, 0.05) is 60.4 Å². The van der Waals surface area contributed by atoms with Crippen molar-refractivity contribution in [3.63, 3.8) is 0 Å². The summed E-state index contributed by atoms with van der Waals surface area (Å²) in [4.78, 5) is 32.7. The van der Waals surface area contributed by atoms with Gasteiger partial charge in [-0.1, -0.05) is 11.3 Å². The minimum atomic E-state index is 0.0681. The van der Waals surface area contributed by atoms with Crippen LogP contribution in [0.25, 0.3) is 10.2 Å². The number of amides is 1. The third-order valence-corrected chi connectivity index (χ3v) is 8.16. The lowest BCUT2D eigenvalue weighted by Crippen LogP contribution is -2.25. The molecule has 0 saturated heterocycles. The molecule has 3 aromatic heterocycles. The number of aromatic nitrogens is 4. The molecule has 10 heteroatoms. The van der Waals surface area contributed by atoms with Crippen molar-refractivity contribution in [2.75, 3.05) is 16.9 Å². The van der Waals surface area contributed by atoms with Crippen molar-refractivity contribution in [2.24, 2.45) is 0 Å². The Morgan fingerprint density at radius 2 is 1.85 bits per heavy atom. The highest BCUT2D eigenvalue weighted by atomic mass is 32.2. The van der Waals surface area contributed by atoms with E-state index >= 15 is 0 Å². The molecular formula is C24H25N7OS2. The zero-order valence-electron chi connectivity index (χ0n) is 18.7. The van der Waals surface area contributed by atoms with Crippen molar-refractivity contribution in [1.29, 1.82) is 0 Å². The van der Waals surface area contributed by atoms with Gasteiger partial charge in [-0.15, -0.1) is 11.8 Å². The van der Waals surface area contributed by atoms with Crippen molar-refractivity contribution in [3.8, 4) is 0 Å². The molecule has 1 aromatic carbocycles. The van der Waals surface area contributed by atoms with Gasteiger partial charge in [-0.25, -0.2) is 15.0 Å². The highest BCUT2D eigenvalue weighted by Crippen LogP contribution is 2.32. The molecule has 2 aliphatic rings. The summed E-state index contributed by atoms with van der Waals surface area (Å²) in [7, 11) is 0. The van der Waals surface area contributed by atoms with E-state index in [9.17, 15) is 4.79 Å². The second kappa shape index (κ2) is 8.92. The van der Waals surface area contributed by atoms with E-state index in [2.05, 4.69) is 25.6 Å². The number of benzene rings is 1. The van der Waals surface area contributed by atoms with Crippen LogP contribution in [-0.4, -0.2) is 49.1 Å². The highest BCUT2D eigenvalue weighted by molar-refractivity contribution is 7.98. The standard InChI is InChI=1S/C24H25N7OS2/c1-33-19-10-26-23(27-11-19)28-17-3-4-18(7-17)29-24-30-20-5-2-14(6-21(20)34-24)22(32)31-12-15-8-25-9-16(15)13-31/h2,5-6,8-11,17-18,25H,3-4,7,12-13H2,1H3,(H,29,30)(H,26,27,28)/t17-,18-/m0/s1. The topological polar surface area (TPSA) is 98.8 Å². The fraction of sp³-hybridized carbons (Fsp3) is 0.333. The molecule has 1 aliphatic carbocycles. The zero-order chi connectivity index (χ0) is 23.1. The summed E-state index contributed by atoms with van der Waals surface area (Å²) in [6, 6.07) is 6.52. The van der Waals surface area contributed by atoms with Crippen molar-refractivity contribution >= 4 is 50.3 Å². The number of nitrogens with one attached hydrogen (secondary N) is 3. The number of thiazole rings is 1. The average Bonchev–Trinajstić information content (AvgIpc) is 3.62. The Bertz CT molecular complexity index is 1310. The van der Waals surface area contributed by atoms with Crippen molar-refractivity contribution in [1.82, 2.24) is 24.8 Å². The monoisotopic (exact) mass is 491 g/mol. The maximum Gasteiger partial charge on any atom is 0.254 e. The van der Waals surface area contributed by atoms with Gasteiger partial charge >= 0.3 is 0 Å². The first kappa shape index (κ1) is 21.4. The molecule has 2 atom stereocenters. The van der Waals surface area contributed by atoms with Gasteiger partial charge in [0.15, 0.2) is 5.13 Å². The summed E-state index contributed by atoms with van der Waals surface area (Å²) in [6.07, 6.45) is 12.8. The van der Waals surface area contributed by atoms with Crippen LogP contribution in [0.5, 0.6) is 0 Å². The number of carbonyl (C=O) groups excluding carboxylic acids is 1. The Labute approximate surface area is 205 Å². The Morgan fingerprint density at radius 3 is 2.59 bits per heavy atom. The largest absolute Gasteiger partial charge is 0.367 e. The van der Waals surface area contributed by atoms with E-state index in [1.54, 1.807) is 23.1 Å². The summed E-state index contributed by atoms with van der Waals surface area (Å²) < 4.78 is 1.03. The Balaban J connectivity index is 1.08. The van der Waals surface area contributed by atoms with Crippen LogP contribution >= 0.6 is 23.1 Å². The lowest BCUT2D eigenvalue weighted by Gasteiger charge is -2.15. The summed E-state index contributed by atoms with van der Waals surface area (Å²) in [5.41, 5.74) is 4.04. The fourth-order valence-electron chi connectivity index (χ4n) is 4.73. The first-order chi connectivity index (χ1) is 16.6. The first-order valence-electron chi connectivity index (χ1n) is 11.4. The van der Waals surface area contributed by atoms with Gasteiger partial charge in [0.1, 0.15) is 0 Å². The molecule has 8 nitrogen and oxygen atoms in total. The summed E-state index contributed by atoms with van der Waals surface area (Å²) in [5, 5.41) is 7.96. The Kier molecular flexibility index (Phi) is 5.62. The van der Waals surface area contributed by atoms with Crippen LogP contribution < -0.4 is 10.6 Å². The molecule has 4 aromatic rings. The quantitative estimate of drug-likeness (QED) is 0.335. The van der Waals surface area contributed by atoms with Gasteiger partial charge in [-0.05, 0) is 54.8 Å². The number of aromatic amines is 1. The molecule has 1 fully saturated rings. The fourth-order valence-corrected chi connectivity index (χ4v) is 6.03. The maximum absolute atomic E-state index is 13.0. The molecule has 4 heterocycles. The van der Waals surface area contributed by atoms with E-state index in [0.717, 1.165) is 45.1 Å². The van der Waals surface area contributed by atoms with Crippen molar-refractivity contribution in [2.45, 2.75) is 49.3 Å². The third-order valence-electron chi connectivity index (χ3n) is 6.53. The molecular weight excluding hydrogens is 466 g/mol. The molecule has 0 unspecified atom stereocenters. The molecule has 1 aliphatic heterocycles. The molecule has 1 saturated carbocycles. The number of anilines is 2. The van der Waals surface area contributed by atoms with Gasteiger partial charge in [0.25, 0.3) is 5.91 Å². The van der Waals surface area contributed by atoms with E-state index < -0.39 is 0 Å². The number of hydrogen-bond donors (Lipinski definition) is 3. The minimum Gasteiger partial charge on any atom is -0.367 e. The number of carbonyl (C=O) groups is 1. The predicted molar refractivity (Wildman–Crippen MR) is 136 cm³/mol. The van der Waals surface area contributed by atoms with E-state index in [1.165, 1.54) is 11.1 Å². The van der Waals surface area contributed by atoms with Crippen LogP contribution in [-0.2, 0) is 13.1 Å². The lowest BCUT2D eigenvalue weighted by atomic mass is 10.2. The highest BCUT2D eigenvalue weighted by Gasteiger charge is 2.27. The number of H-pyrrole nitrogens is 1. The molecule has 34 heavy (non-hydrogen) atoms.